The van der Waals surface area contributed by atoms with E-state index < -0.39 is 0 Å². The smallest absolute Gasteiger partial charge is 0.0818 e. The third-order valence-electron chi connectivity index (χ3n) is 4.29. The molecule has 0 spiro atoms. The summed E-state index contributed by atoms with van der Waals surface area (Å²) in [6.07, 6.45) is 5.88. The first-order valence-electron chi connectivity index (χ1n) is 7.12. The Balaban J connectivity index is 1.92. The average molecular weight is 319 g/mol. The van der Waals surface area contributed by atoms with E-state index in [1.165, 1.54) is 30.0 Å². The number of rotatable bonds is 2. The van der Waals surface area contributed by atoms with Crippen LogP contribution in [-0.4, -0.2) is 5.11 Å². The van der Waals surface area contributed by atoms with E-state index in [0.717, 1.165) is 22.9 Å². The van der Waals surface area contributed by atoms with Crippen molar-refractivity contribution in [3.05, 3.63) is 46.4 Å². The normalized spacial score (nSPS) is 18.6. The minimum Gasteiger partial charge on any atom is -0.388 e. The molecule has 0 aliphatic heterocycles. The number of hydrogen-bond acceptors (Lipinski definition) is 1. The van der Waals surface area contributed by atoms with Crippen molar-refractivity contribution in [2.24, 2.45) is 5.92 Å². The summed E-state index contributed by atoms with van der Waals surface area (Å²) in [7, 11) is 0. The SMILES string of the molecule is OC(c1ccc2c(Br)cccc2c1)C1CCCCC1. The molecule has 0 amide bonds. The molecule has 1 saturated carbocycles. The van der Waals surface area contributed by atoms with E-state index in [2.05, 4.69) is 46.3 Å². The second-order valence-corrected chi connectivity index (χ2v) is 6.42. The number of halogens is 1. The van der Waals surface area contributed by atoms with Gasteiger partial charge in [0.15, 0.2) is 0 Å². The maximum Gasteiger partial charge on any atom is 0.0818 e. The van der Waals surface area contributed by atoms with Gasteiger partial charge in [-0.3, -0.25) is 0 Å². The summed E-state index contributed by atoms with van der Waals surface area (Å²) in [5, 5.41) is 13.0. The molecule has 100 valence electrons. The summed E-state index contributed by atoms with van der Waals surface area (Å²) in [4.78, 5) is 0. The standard InChI is InChI=1S/C17H19BrO/c18-16-8-4-7-13-11-14(9-10-15(13)16)17(19)12-5-2-1-3-6-12/h4,7-12,17,19H,1-3,5-6H2. The predicted molar refractivity (Wildman–Crippen MR) is 83.2 cm³/mol. The van der Waals surface area contributed by atoms with Crippen molar-refractivity contribution in [3.63, 3.8) is 0 Å². The zero-order valence-electron chi connectivity index (χ0n) is 11.0. The largest absolute Gasteiger partial charge is 0.388 e. The number of hydrogen-bond donors (Lipinski definition) is 1. The summed E-state index contributed by atoms with van der Waals surface area (Å²) >= 11 is 3.57. The lowest BCUT2D eigenvalue weighted by atomic mass is 9.82. The third-order valence-corrected chi connectivity index (χ3v) is 4.98. The maximum atomic E-state index is 10.6. The van der Waals surface area contributed by atoms with Crippen molar-refractivity contribution < 1.29 is 5.11 Å². The van der Waals surface area contributed by atoms with Crippen LogP contribution in [-0.2, 0) is 0 Å². The van der Waals surface area contributed by atoms with E-state index >= 15 is 0 Å². The molecule has 1 atom stereocenters. The lowest BCUT2D eigenvalue weighted by Gasteiger charge is -2.27. The minimum atomic E-state index is -0.302. The molecule has 1 aliphatic rings. The maximum absolute atomic E-state index is 10.6. The molecule has 0 heterocycles. The van der Waals surface area contributed by atoms with Gasteiger partial charge in [-0.15, -0.1) is 0 Å². The van der Waals surface area contributed by atoms with Crippen LogP contribution in [0.25, 0.3) is 10.8 Å². The fourth-order valence-electron chi connectivity index (χ4n) is 3.17. The van der Waals surface area contributed by atoms with Crippen molar-refractivity contribution >= 4 is 26.7 Å². The molecule has 1 unspecified atom stereocenters. The zero-order valence-corrected chi connectivity index (χ0v) is 12.6. The fraction of sp³-hybridized carbons (Fsp3) is 0.412. The third kappa shape index (κ3) is 2.70. The molecule has 1 N–H and O–H groups in total. The van der Waals surface area contributed by atoms with Gasteiger partial charge in [-0.1, -0.05) is 59.5 Å². The molecule has 2 heteroatoms. The number of benzene rings is 2. The molecule has 19 heavy (non-hydrogen) atoms. The van der Waals surface area contributed by atoms with Gasteiger partial charge in [0.1, 0.15) is 0 Å². The summed E-state index contributed by atoms with van der Waals surface area (Å²) in [6.45, 7) is 0. The van der Waals surface area contributed by atoms with E-state index in [1.54, 1.807) is 0 Å². The van der Waals surface area contributed by atoms with Crippen molar-refractivity contribution in [3.8, 4) is 0 Å². The van der Waals surface area contributed by atoms with Gasteiger partial charge < -0.3 is 5.11 Å². The van der Waals surface area contributed by atoms with Crippen LogP contribution in [0.15, 0.2) is 40.9 Å². The highest BCUT2D eigenvalue weighted by Gasteiger charge is 2.23. The van der Waals surface area contributed by atoms with Crippen LogP contribution in [0.5, 0.6) is 0 Å². The van der Waals surface area contributed by atoms with Crippen molar-refractivity contribution in [2.75, 3.05) is 0 Å². The molecule has 2 aromatic carbocycles. The van der Waals surface area contributed by atoms with E-state index in [1.807, 2.05) is 6.07 Å². The molecular weight excluding hydrogens is 300 g/mol. The second-order valence-electron chi connectivity index (χ2n) is 5.56. The van der Waals surface area contributed by atoms with E-state index in [-0.39, 0.29) is 6.10 Å². The first kappa shape index (κ1) is 13.1. The number of aliphatic hydroxyl groups excluding tert-OH is 1. The van der Waals surface area contributed by atoms with Crippen LogP contribution in [0.4, 0.5) is 0 Å². The fourth-order valence-corrected chi connectivity index (χ4v) is 3.68. The van der Waals surface area contributed by atoms with Crippen LogP contribution in [0.3, 0.4) is 0 Å². The van der Waals surface area contributed by atoms with Crippen LogP contribution in [0.2, 0.25) is 0 Å². The number of fused-ring (bicyclic) bond motifs is 1. The lowest BCUT2D eigenvalue weighted by Crippen LogP contribution is -2.15. The topological polar surface area (TPSA) is 20.2 Å². The summed E-state index contributed by atoms with van der Waals surface area (Å²) in [5.41, 5.74) is 1.07. The number of aliphatic hydroxyl groups is 1. The molecule has 1 nitrogen and oxygen atoms in total. The molecule has 1 aliphatic carbocycles. The van der Waals surface area contributed by atoms with Crippen LogP contribution >= 0.6 is 15.9 Å². The Bertz CT molecular complexity index is 572. The lowest BCUT2D eigenvalue weighted by molar-refractivity contribution is 0.0849. The van der Waals surface area contributed by atoms with Gasteiger partial charge in [0, 0.05) is 4.47 Å². The molecule has 0 saturated heterocycles. The van der Waals surface area contributed by atoms with Gasteiger partial charge in [0.05, 0.1) is 6.10 Å². The van der Waals surface area contributed by atoms with Crippen LogP contribution in [0.1, 0.15) is 43.8 Å². The molecule has 0 bridgehead atoms. The quantitative estimate of drug-likeness (QED) is 0.805. The monoisotopic (exact) mass is 318 g/mol. The molecular formula is C17H19BrO. The van der Waals surface area contributed by atoms with E-state index in [0.29, 0.717) is 5.92 Å². The highest BCUT2D eigenvalue weighted by Crippen LogP contribution is 2.35. The molecule has 0 radical (unpaired) electrons. The van der Waals surface area contributed by atoms with Gasteiger partial charge in [0.2, 0.25) is 0 Å². The van der Waals surface area contributed by atoms with Crippen molar-refractivity contribution in [1.29, 1.82) is 0 Å². The van der Waals surface area contributed by atoms with Crippen LogP contribution in [0, 0.1) is 5.92 Å². The highest BCUT2D eigenvalue weighted by molar-refractivity contribution is 9.10. The average Bonchev–Trinajstić information content (AvgIpc) is 2.47. The highest BCUT2D eigenvalue weighted by atomic mass is 79.9. The summed E-state index contributed by atoms with van der Waals surface area (Å²) in [6, 6.07) is 12.5. The molecule has 0 aromatic heterocycles. The Hall–Kier alpha value is -0.860. The summed E-state index contributed by atoms with van der Waals surface area (Å²) < 4.78 is 1.11. The van der Waals surface area contributed by atoms with Crippen molar-refractivity contribution in [1.82, 2.24) is 0 Å². The second kappa shape index (κ2) is 5.64. The molecule has 1 fully saturated rings. The first-order chi connectivity index (χ1) is 9.25. The van der Waals surface area contributed by atoms with Gasteiger partial charge in [-0.25, -0.2) is 0 Å². The van der Waals surface area contributed by atoms with E-state index in [9.17, 15) is 5.11 Å². The van der Waals surface area contributed by atoms with Gasteiger partial charge in [-0.2, -0.15) is 0 Å². The van der Waals surface area contributed by atoms with Crippen molar-refractivity contribution in [2.45, 2.75) is 38.2 Å². The predicted octanol–water partition coefficient (Wildman–Crippen LogP) is 5.22. The summed E-state index contributed by atoms with van der Waals surface area (Å²) in [5.74, 6) is 0.443. The van der Waals surface area contributed by atoms with Gasteiger partial charge >= 0.3 is 0 Å². The van der Waals surface area contributed by atoms with Crippen LogP contribution < -0.4 is 0 Å². The molecule has 2 aromatic rings. The van der Waals surface area contributed by atoms with E-state index in [4.69, 9.17) is 0 Å². The zero-order chi connectivity index (χ0) is 13.2. The Morgan fingerprint density at radius 2 is 1.84 bits per heavy atom. The van der Waals surface area contributed by atoms with Gasteiger partial charge in [0.25, 0.3) is 0 Å². The Kier molecular flexibility index (Phi) is 3.90. The molecule has 3 rings (SSSR count). The Morgan fingerprint density at radius 3 is 2.63 bits per heavy atom. The minimum absolute atomic E-state index is 0.302. The Labute approximate surface area is 122 Å². The first-order valence-corrected chi connectivity index (χ1v) is 7.91. The van der Waals surface area contributed by atoms with Gasteiger partial charge in [-0.05, 0) is 47.2 Å². The Morgan fingerprint density at radius 1 is 1.05 bits per heavy atom.